The molecule has 0 N–H and O–H groups in total. The first-order chi connectivity index (χ1) is 18.7. The summed E-state index contributed by atoms with van der Waals surface area (Å²) in [5, 5.41) is 0. The van der Waals surface area contributed by atoms with Gasteiger partial charge in [0.2, 0.25) is 0 Å². The summed E-state index contributed by atoms with van der Waals surface area (Å²) in [5.41, 5.74) is 0. The van der Waals surface area contributed by atoms with Crippen LogP contribution in [0.1, 0.15) is 95.4 Å². The van der Waals surface area contributed by atoms with Crippen LogP contribution in [0.15, 0.2) is 0 Å². The van der Waals surface area contributed by atoms with E-state index in [0.29, 0.717) is 71.8 Å². The Morgan fingerprint density at radius 1 is 0.462 bits per heavy atom. The molecule has 0 saturated heterocycles. The van der Waals surface area contributed by atoms with E-state index < -0.39 is 30.7 Å². The highest BCUT2D eigenvalue weighted by atomic mass is 28.5. The molecule has 0 aliphatic heterocycles. The number of rotatable bonds is 26. The molecule has 0 aromatic carbocycles. The van der Waals surface area contributed by atoms with E-state index in [1.165, 1.54) is 0 Å². The average molecular weight is 614 g/mol. The zero-order valence-corrected chi connectivity index (χ0v) is 30.0. The summed E-state index contributed by atoms with van der Waals surface area (Å²) in [4.78, 5) is 0. The predicted octanol–water partition coefficient (Wildman–Crippen LogP) is 6.23. The molecule has 0 aromatic rings. The Labute approximate surface area is 244 Å². The van der Waals surface area contributed by atoms with Crippen molar-refractivity contribution >= 4 is 26.4 Å². The zero-order chi connectivity index (χ0) is 30.0. The molecular weight excluding hydrogens is 553 g/mol. The second-order valence-electron chi connectivity index (χ2n) is 9.27. The molecule has 0 saturated carbocycles. The molecule has 235 valence electrons. The number of hydrogen-bond acceptors (Lipinski definition) is 9. The van der Waals surface area contributed by atoms with Gasteiger partial charge in [-0.3, -0.25) is 0 Å². The van der Waals surface area contributed by atoms with Gasteiger partial charge in [-0.1, -0.05) is 33.6 Å². The Balaban J connectivity index is 8.41. The van der Waals surface area contributed by atoms with Gasteiger partial charge in [-0.15, -0.1) is 0 Å². The second kappa shape index (κ2) is 20.2. The van der Waals surface area contributed by atoms with Crippen LogP contribution in [-0.4, -0.2) is 85.9 Å². The molecule has 12 heteroatoms. The smallest absolute Gasteiger partial charge is 0.373 e. The Morgan fingerprint density at radius 2 is 0.692 bits per heavy atom. The van der Waals surface area contributed by atoms with Crippen LogP contribution in [0.4, 0.5) is 0 Å². The van der Waals surface area contributed by atoms with E-state index in [1.54, 1.807) is 0 Å². The summed E-state index contributed by atoms with van der Waals surface area (Å²) in [6.45, 7) is 29.5. The quantitative estimate of drug-likeness (QED) is 0.105. The van der Waals surface area contributed by atoms with Crippen molar-refractivity contribution in [2.75, 3.05) is 59.5 Å². The Bertz CT molecular complexity index is 499. The Hall–Kier alpha value is 0.291. The topological polar surface area (TPSA) is 83.1 Å². The van der Waals surface area contributed by atoms with Crippen LogP contribution in [0.25, 0.3) is 0 Å². The fraction of sp³-hybridized carbons (Fsp3) is 0.963. The molecule has 2 unspecified atom stereocenters. The van der Waals surface area contributed by atoms with Crippen LogP contribution in [0.2, 0.25) is 4.28 Å². The molecule has 1 radical (unpaired) electrons. The molecule has 0 aliphatic carbocycles. The number of hydrogen-bond donors (Lipinski definition) is 0. The molecule has 0 rings (SSSR count). The van der Waals surface area contributed by atoms with Crippen LogP contribution in [0.5, 0.6) is 0 Å². The maximum Gasteiger partial charge on any atom is 0.516 e. The lowest BCUT2D eigenvalue weighted by atomic mass is 9.90. The molecule has 0 heterocycles. The molecule has 0 spiro atoms. The minimum absolute atomic E-state index is 0.140. The first-order valence-electron chi connectivity index (χ1n) is 15.2. The van der Waals surface area contributed by atoms with Crippen molar-refractivity contribution in [3.05, 3.63) is 6.92 Å². The van der Waals surface area contributed by atoms with Gasteiger partial charge >= 0.3 is 26.4 Å². The van der Waals surface area contributed by atoms with E-state index in [2.05, 4.69) is 20.8 Å². The minimum atomic E-state index is -3.84. The van der Waals surface area contributed by atoms with Crippen molar-refractivity contribution in [1.29, 1.82) is 0 Å². The highest BCUT2D eigenvalue weighted by Crippen LogP contribution is 2.61. The maximum atomic E-state index is 6.78. The maximum absolute atomic E-state index is 6.78. The fourth-order valence-electron chi connectivity index (χ4n) is 5.42. The van der Waals surface area contributed by atoms with Crippen LogP contribution in [0, 0.1) is 18.8 Å². The molecule has 0 aromatic heterocycles. The third-order valence-corrected chi connectivity index (χ3v) is 22.1. The lowest BCUT2D eigenvalue weighted by Gasteiger charge is -2.56. The van der Waals surface area contributed by atoms with Crippen LogP contribution in [-0.2, 0) is 39.8 Å². The third kappa shape index (κ3) is 8.90. The lowest BCUT2D eigenvalue weighted by Crippen LogP contribution is -2.82. The van der Waals surface area contributed by atoms with E-state index in [-0.39, 0.29) is 5.92 Å². The third-order valence-electron chi connectivity index (χ3n) is 6.84. The van der Waals surface area contributed by atoms with Gasteiger partial charge in [0.25, 0.3) is 0 Å². The van der Waals surface area contributed by atoms with Crippen LogP contribution >= 0.6 is 0 Å². The average Bonchev–Trinajstić information content (AvgIpc) is 2.88. The van der Waals surface area contributed by atoms with Crippen molar-refractivity contribution in [3.63, 3.8) is 0 Å². The standard InChI is InChI=1S/C27H61O9Si3/c1-13-23-25(11)26(12)24-27(37(28-14-2,29-15-3)30-16-4,38(31-17-5,32-18-6)33-19-7)39(34-20-8,35-21-9)36-22-10/h25-26H,1,13-24H2,2-12H3. The van der Waals surface area contributed by atoms with Gasteiger partial charge in [-0.2, -0.15) is 0 Å². The molecule has 0 aliphatic rings. The summed E-state index contributed by atoms with van der Waals surface area (Å²) in [6.07, 6.45) is 2.31. The van der Waals surface area contributed by atoms with Gasteiger partial charge in [0, 0.05) is 59.5 Å². The fourth-order valence-corrected chi connectivity index (χ4v) is 21.9. The molecule has 9 nitrogen and oxygen atoms in total. The summed E-state index contributed by atoms with van der Waals surface area (Å²) < 4.78 is 59.8. The van der Waals surface area contributed by atoms with Gasteiger partial charge in [-0.05, 0) is 80.6 Å². The molecule has 2 atom stereocenters. The summed E-state index contributed by atoms with van der Waals surface area (Å²) in [5.74, 6) is 0.466. The van der Waals surface area contributed by atoms with Crippen molar-refractivity contribution in [3.8, 4) is 0 Å². The van der Waals surface area contributed by atoms with Gasteiger partial charge in [0.05, 0.1) is 0 Å². The summed E-state index contributed by atoms with van der Waals surface area (Å²) in [6, 6.07) is 0. The molecule has 0 amide bonds. The van der Waals surface area contributed by atoms with Crippen LogP contribution < -0.4 is 0 Å². The predicted molar refractivity (Wildman–Crippen MR) is 162 cm³/mol. The van der Waals surface area contributed by atoms with Crippen molar-refractivity contribution < 1.29 is 39.8 Å². The Morgan fingerprint density at radius 3 is 0.872 bits per heavy atom. The van der Waals surface area contributed by atoms with E-state index in [4.69, 9.17) is 39.8 Å². The van der Waals surface area contributed by atoms with Crippen molar-refractivity contribution in [1.82, 2.24) is 0 Å². The Kier molecular flexibility index (Phi) is 20.4. The summed E-state index contributed by atoms with van der Waals surface area (Å²) in [7, 11) is -11.5. The van der Waals surface area contributed by atoms with Crippen LogP contribution in [0.3, 0.4) is 0 Å². The van der Waals surface area contributed by atoms with Crippen molar-refractivity contribution in [2.24, 2.45) is 11.8 Å². The normalized spacial score (nSPS) is 15.1. The van der Waals surface area contributed by atoms with E-state index in [1.807, 2.05) is 62.3 Å². The van der Waals surface area contributed by atoms with Gasteiger partial charge < -0.3 is 39.8 Å². The van der Waals surface area contributed by atoms with E-state index in [9.17, 15) is 0 Å². The molecule has 39 heavy (non-hydrogen) atoms. The SMILES string of the molecule is [CH2]CCC(C)C(C)CC([Si](OCC)(OCC)OCC)([Si](OCC)(OCC)OCC)[Si](OCC)(OCC)OCC. The van der Waals surface area contributed by atoms with E-state index in [0.717, 1.165) is 12.8 Å². The zero-order valence-electron chi connectivity index (χ0n) is 27.0. The molecule has 0 bridgehead atoms. The second-order valence-corrected chi connectivity index (χ2v) is 19.3. The summed E-state index contributed by atoms with van der Waals surface area (Å²) >= 11 is 0. The minimum Gasteiger partial charge on any atom is -0.373 e. The van der Waals surface area contributed by atoms with Gasteiger partial charge in [0.15, 0.2) is 4.28 Å². The van der Waals surface area contributed by atoms with Crippen molar-refractivity contribution in [2.45, 2.75) is 99.7 Å². The molecule has 0 fully saturated rings. The van der Waals surface area contributed by atoms with E-state index >= 15 is 0 Å². The lowest BCUT2D eigenvalue weighted by molar-refractivity contribution is -0.0167. The first-order valence-corrected chi connectivity index (χ1v) is 20.4. The largest absolute Gasteiger partial charge is 0.516 e. The molecular formula is C27H61O9Si3. The highest BCUT2D eigenvalue weighted by molar-refractivity contribution is 7.02. The highest BCUT2D eigenvalue weighted by Gasteiger charge is 2.89. The van der Waals surface area contributed by atoms with Gasteiger partial charge in [0.1, 0.15) is 0 Å². The monoisotopic (exact) mass is 613 g/mol. The van der Waals surface area contributed by atoms with Gasteiger partial charge in [-0.25, -0.2) is 0 Å². The first kappa shape index (κ1) is 39.3.